The molecule has 0 aliphatic carbocycles. The van der Waals surface area contributed by atoms with Crippen molar-refractivity contribution < 1.29 is 38.2 Å². The Bertz CT molecular complexity index is 604. The molecule has 0 radical (unpaired) electrons. The van der Waals surface area contributed by atoms with E-state index >= 15 is 0 Å². The number of carboxylic acids is 1. The predicted molar refractivity (Wildman–Crippen MR) is 144 cm³/mol. The van der Waals surface area contributed by atoms with E-state index in [0.717, 1.165) is 38.5 Å². The number of carbonyl (C=O) groups is 3. The van der Waals surface area contributed by atoms with Gasteiger partial charge in [0.25, 0.3) is 0 Å². The standard InChI is InChI=1S/C29H55NO7/c1-6-8-10-11-12-13-14-15-16-18-20-28(32)37-25(24-36-27(31)19-17-9-7-2)23-35-22-21-26(29(33)34)30(3,4)5/h25-26H,6-24H2,1-5H3. The highest BCUT2D eigenvalue weighted by molar-refractivity contribution is 5.70. The fourth-order valence-electron chi connectivity index (χ4n) is 4.13. The summed E-state index contributed by atoms with van der Waals surface area (Å²) in [5.41, 5.74) is 0. The van der Waals surface area contributed by atoms with E-state index in [-0.39, 0.29) is 42.7 Å². The Morgan fingerprint density at radius 3 is 1.73 bits per heavy atom. The third-order valence-electron chi connectivity index (χ3n) is 6.49. The molecule has 0 aromatic carbocycles. The molecule has 0 bridgehead atoms. The summed E-state index contributed by atoms with van der Waals surface area (Å²) in [5, 5.41) is 11.4. The lowest BCUT2D eigenvalue weighted by Crippen LogP contribution is -2.55. The summed E-state index contributed by atoms with van der Waals surface area (Å²) in [6, 6.07) is -0.714. The van der Waals surface area contributed by atoms with Crippen molar-refractivity contribution >= 4 is 17.9 Å². The van der Waals surface area contributed by atoms with Gasteiger partial charge in [-0.25, -0.2) is 0 Å². The first kappa shape index (κ1) is 35.3. The van der Waals surface area contributed by atoms with Crippen molar-refractivity contribution in [3.05, 3.63) is 0 Å². The van der Waals surface area contributed by atoms with Crippen molar-refractivity contribution in [2.45, 2.75) is 129 Å². The molecule has 0 aliphatic rings. The molecule has 2 unspecified atom stereocenters. The highest BCUT2D eigenvalue weighted by Gasteiger charge is 2.25. The second kappa shape index (κ2) is 22.3. The molecule has 0 N–H and O–H groups in total. The van der Waals surface area contributed by atoms with Gasteiger partial charge in [-0.15, -0.1) is 0 Å². The van der Waals surface area contributed by atoms with Crippen LogP contribution in [0.2, 0.25) is 0 Å². The van der Waals surface area contributed by atoms with Gasteiger partial charge in [-0.3, -0.25) is 9.59 Å². The lowest BCUT2D eigenvalue weighted by Gasteiger charge is -2.34. The molecule has 0 aliphatic heterocycles. The number of hydrogen-bond donors (Lipinski definition) is 0. The van der Waals surface area contributed by atoms with E-state index < -0.39 is 18.1 Å². The molecule has 0 heterocycles. The Morgan fingerprint density at radius 1 is 0.703 bits per heavy atom. The number of quaternary nitrogens is 1. The summed E-state index contributed by atoms with van der Waals surface area (Å²) in [4.78, 5) is 35.8. The fourth-order valence-corrected chi connectivity index (χ4v) is 4.13. The molecule has 2 atom stereocenters. The van der Waals surface area contributed by atoms with Crippen LogP contribution in [0.5, 0.6) is 0 Å². The molecule has 0 saturated carbocycles. The Morgan fingerprint density at radius 2 is 1.19 bits per heavy atom. The number of carbonyl (C=O) groups excluding carboxylic acids is 3. The van der Waals surface area contributed by atoms with Gasteiger partial charge < -0.3 is 28.6 Å². The van der Waals surface area contributed by atoms with Gasteiger partial charge >= 0.3 is 11.9 Å². The minimum Gasteiger partial charge on any atom is -0.544 e. The summed E-state index contributed by atoms with van der Waals surface area (Å²) in [7, 11) is 5.37. The molecule has 8 heteroatoms. The van der Waals surface area contributed by atoms with E-state index in [2.05, 4.69) is 13.8 Å². The Balaban J connectivity index is 4.43. The highest BCUT2D eigenvalue weighted by Crippen LogP contribution is 2.13. The maximum absolute atomic E-state index is 12.4. The summed E-state index contributed by atoms with van der Waals surface area (Å²) < 4.78 is 16.7. The Labute approximate surface area is 226 Å². The zero-order valence-electron chi connectivity index (χ0n) is 24.4. The van der Waals surface area contributed by atoms with Crippen molar-refractivity contribution in [3.8, 4) is 0 Å². The minimum atomic E-state index is -1.13. The lowest BCUT2D eigenvalue weighted by atomic mass is 10.1. The maximum atomic E-state index is 12.4. The maximum Gasteiger partial charge on any atom is 0.306 e. The quantitative estimate of drug-likeness (QED) is 0.0970. The van der Waals surface area contributed by atoms with Crippen LogP contribution >= 0.6 is 0 Å². The third kappa shape index (κ3) is 21.0. The van der Waals surface area contributed by atoms with Crippen LogP contribution < -0.4 is 5.11 Å². The second-order valence-corrected chi connectivity index (χ2v) is 11.0. The van der Waals surface area contributed by atoms with Crippen LogP contribution in [0, 0.1) is 0 Å². The number of esters is 2. The average Bonchev–Trinajstić information content (AvgIpc) is 2.82. The molecule has 0 saturated heterocycles. The first-order valence-corrected chi connectivity index (χ1v) is 14.6. The van der Waals surface area contributed by atoms with E-state index in [1.807, 2.05) is 0 Å². The van der Waals surface area contributed by atoms with Crippen molar-refractivity contribution in [2.75, 3.05) is 41.0 Å². The number of hydrogen-bond acceptors (Lipinski definition) is 7. The van der Waals surface area contributed by atoms with E-state index in [1.165, 1.54) is 44.9 Å². The molecule has 0 rings (SSSR count). The monoisotopic (exact) mass is 529 g/mol. The number of carboxylic acid groups (broad SMARTS) is 1. The number of likely N-dealkylation sites (N-methyl/N-ethyl adjacent to an activating group) is 1. The zero-order chi connectivity index (χ0) is 27.9. The van der Waals surface area contributed by atoms with Gasteiger partial charge in [-0.2, -0.15) is 0 Å². The molecule has 37 heavy (non-hydrogen) atoms. The highest BCUT2D eigenvalue weighted by atomic mass is 16.6. The molecule has 0 fully saturated rings. The predicted octanol–water partition coefficient (Wildman–Crippen LogP) is 4.56. The molecule has 0 spiro atoms. The summed E-state index contributed by atoms with van der Waals surface area (Å²) in [5.74, 6) is -1.77. The Hall–Kier alpha value is -1.67. The van der Waals surface area contributed by atoms with E-state index in [0.29, 0.717) is 12.8 Å². The van der Waals surface area contributed by atoms with Crippen molar-refractivity contribution in [2.24, 2.45) is 0 Å². The normalized spacial score (nSPS) is 13.2. The number of nitrogens with zero attached hydrogens (tertiary/aromatic N) is 1. The van der Waals surface area contributed by atoms with Gasteiger partial charge in [0.2, 0.25) is 0 Å². The zero-order valence-corrected chi connectivity index (χ0v) is 24.4. The first-order chi connectivity index (χ1) is 17.6. The van der Waals surface area contributed by atoms with Crippen LogP contribution in [-0.2, 0) is 28.6 Å². The van der Waals surface area contributed by atoms with Gasteiger partial charge in [-0.05, 0) is 12.8 Å². The minimum absolute atomic E-state index is 0.0446. The van der Waals surface area contributed by atoms with Gasteiger partial charge in [0.05, 0.1) is 40.3 Å². The van der Waals surface area contributed by atoms with Crippen LogP contribution in [0.1, 0.15) is 117 Å². The fraction of sp³-hybridized carbons (Fsp3) is 0.897. The van der Waals surface area contributed by atoms with Crippen LogP contribution in [0.3, 0.4) is 0 Å². The van der Waals surface area contributed by atoms with Gasteiger partial charge in [-0.1, -0.05) is 84.5 Å². The van der Waals surface area contributed by atoms with Crippen molar-refractivity contribution in [1.82, 2.24) is 0 Å². The smallest absolute Gasteiger partial charge is 0.306 e. The second-order valence-electron chi connectivity index (χ2n) is 11.0. The van der Waals surface area contributed by atoms with Gasteiger partial charge in [0.15, 0.2) is 6.10 Å². The molecular weight excluding hydrogens is 474 g/mol. The molecular formula is C29H55NO7. The topological polar surface area (TPSA) is 102 Å². The summed E-state index contributed by atoms with van der Waals surface area (Å²) in [6.45, 7) is 4.45. The molecule has 0 amide bonds. The number of unbranched alkanes of at least 4 members (excludes halogenated alkanes) is 11. The third-order valence-corrected chi connectivity index (χ3v) is 6.49. The van der Waals surface area contributed by atoms with Crippen molar-refractivity contribution in [3.63, 3.8) is 0 Å². The molecule has 8 nitrogen and oxygen atoms in total. The van der Waals surface area contributed by atoms with Crippen LogP contribution in [-0.4, -0.2) is 75.5 Å². The SMILES string of the molecule is CCCCCCCCCCCCC(=O)OC(COCCC(C(=O)[O-])[N+](C)(C)C)COC(=O)CCCCC. The van der Waals surface area contributed by atoms with Crippen LogP contribution in [0.25, 0.3) is 0 Å². The molecule has 0 aromatic heterocycles. The van der Waals surface area contributed by atoms with E-state index in [1.54, 1.807) is 21.1 Å². The van der Waals surface area contributed by atoms with Crippen LogP contribution in [0.4, 0.5) is 0 Å². The number of rotatable bonds is 25. The van der Waals surface area contributed by atoms with Gasteiger partial charge in [0.1, 0.15) is 12.6 Å². The van der Waals surface area contributed by atoms with E-state index in [9.17, 15) is 19.5 Å². The Kier molecular flexibility index (Phi) is 21.3. The van der Waals surface area contributed by atoms with Crippen molar-refractivity contribution in [1.29, 1.82) is 0 Å². The summed E-state index contributed by atoms with van der Waals surface area (Å²) >= 11 is 0. The molecule has 218 valence electrons. The van der Waals surface area contributed by atoms with Gasteiger partial charge in [0, 0.05) is 19.3 Å². The first-order valence-electron chi connectivity index (χ1n) is 14.6. The largest absolute Gasteiger partial charge is 0.544 e. The average molecular weight is 530 g/mol. The number of aliphatic carboxylic acids is 1. The molecule has 0 aromatic rings. The van der Waals surface area contributed by atoms with E-state index in [4.69, 9.17) is 14.2 Å². The summed E-state index contributed by atoms with van der Waals surface area (Å²) in [6.07, 6.45) is 14.8. The lowest BCUT2D eigenvalue weighted by molar-refractivity contribution is -0.889. The van der Waals surface area contributed by atoms with Crippen LogP contribution in [0.15, 0.2) is 0 Å². The number of ether oxygens (including phenoxy) is 3.